The van der Waals surface area contributed by atoms with Gasteiger partial charge >= 0.3 is 11.9 Å². The van der Waals surface area contributed by atoms with E-state index in [1.165, 1.54) is 37.5 Å². The summed E-state index contributed by atoms with van der Waals surface area (Å²) >= 11 is 0. The number of ether oxygens (including phenoxy) is 1. The molecule has 0 aliphatic rings. The Labute approximate surface area is 188 Å². The van der Waals surface area contributed by atoms with E-state index >= 15 is 0 Å². The zero-order chi connectivity index (χ0) is 24.2. The van der Waals surface area contributed by atoms with Crippen LogP contribution in [0.1, 0.15) is 17.5 Å². The van der Waals surface area contributed by atoms with E-state index in [-0.39, 0.29) is 21.3 Å². The number of nitrogens with zero attached hydrogens (tertiary/aromatic N) is 3. The molecule has 172 valence electrons. The van der Waals surface area contributed by atoms with E-state index < -0.39 is 33.8 Å². The number of aliphatic carboxylic acids is 1. The maximum Gasteiger partial charge on any atom is 0.332 e. The van der Waals surface area contributed by atoms with Crippen LogP contribution in [-0.2, 0) is 24.2 Å². The summed E-state index contributed by atoms with van der Waals surface area (Å²) in [5.74, 6) is -3.07. The number of hydrogen-bond donors (Lipinski definition) is 2. The Morgan fingerprint density at radius 3 is 2.61 bits per heavy atom. The number of aryl methyl sites for hydroxylation is 1. The molecule has 0 radical (unpaired) electrons. The summed E-state index contributed by atoms with van der Waals surface area (Å²) in [4.78, 5) is 26.2. The summed E-state index contributed by atoms with van der Waals surface area (Å²) < 4.78 is 47.4. The fourth-order valence-electron chi connectivity index (χ4n) is 2.85. The van der Waals surface area contributed by atoms with Crippen molar-refractivity contribution in [1.29, 1.82) is 0 Å². The van der Waals surface area contributed by atoms with Gasteiger partial charge in [0.1, 0.15) is 17.2 Å². The summed E-state index contributed by atoms with van der Waals surface area (Å²) in [5, 5.41) is 15.1. The number of carboxylic acid groups (broad SMARTS) is 1. The molecule has 1 atom stereocenters. The Hall–Kier alpha value is -3.90. The molecule has 3 rings (SSSR count). The monoisotopic (exact) mass is 474 g/mol. The van der Waals surface area contributed by atoms with Gasteiger partial charge in [-0.3, -0.25) is 10.3 Å². The average Bonchev–Trinajstić information content (AvgIpc) is 3.22. The standard InChI is InChI=1S/C21H19FN4O6S/c1-13-5-6-17(15(22)10-13)26-18(33(30,31)14-4-3-9-24-12-14)11-16(25-26)21(23-2)32-20(29)8-7-19(27)28/h3-12,21,23H,1-2H3,(H,27,28)/b8-7+. The SMILES string of the molecule is CNC(OC(=O)/C=C/C(=O)O)c1cc(S(=O)(=O)c2cccnc2)n(-c2ccc(C)cc2F)n1. The molecule has 0 amide bonds. The normalized spacial score (nSPS) is 12.6. The third-order valence-electron chi connectivity index (χ3n) is 4.37. The van der Waals surface area contributed by atoms with Crippen molar-refractivity contribution < 1.29 is 32.2 Å². The summed E-state index contributed by atoms with van der Waals surface area (Å²) in [6, 6.07) is 8.09. The second kappa shape index (κ2) is 9.71. The van der Waals surface area contributed by atoms with Gasteiger partial charge in [0.05, 0.1) is 4.90 Å². The Morgan fingerprint density at radius 2 is 2.00 bits per heavy atom. The quantitative estimate of drug-likeness (QED) is 0.285. The summed E-state index contributed by atoms with van der Waals surface area (Å²) in [6.45, 7) is 1.68. The fraction of sp³-hybridized carbons (Fsp3) is 0.143. The molecule has 1 unspecified atom stereocenters. The van der Waals surface area contributed by atoms with E-state index in [0.29, 0.717) is 17.7 Å². The topological polar surface area (TPSA) is 140 Å². The van der Waals surface area contributed by atoms with E-state index in [1.807, 2.05) is 0 Å². The number of halogens is 1. The number of carbonyl (C=O) groups is 2. The lowest BCUT2D eigenvalue weighted by molar-refractivity contribution is -0.145. The first kappa shape index (κ1) is 23.8. The molecule has 0 saturated carbocycles. The van der Waals surface area contributed by atoms with Gasteiger partial charge in [-0.05, 0) is 43.8 Å². The number of carbonyl (C=O) groups excluding carboxylic acids is 1. The number of rotatable bonds is 8. The largest absolute Gasteiger partial charge is 0.478 e. The van der Waals surface area contributed by atoms with Gasteiger partial charge in [-0.2, -0.15) is 5.10 Å². The third kappa shape index (κ3) is 5.30. The van der Waals surface area contributed by atoms with Crippen molar-refractivity contribution >= 4 is 21.8 Å². The van der Waals surface area contributed by atoms with Crippen LogP contribution in [0.25, 0.3) is 5.69 Å². The van der Waals surface area contributed by atoms with Crippen molar-refractivity contribution in [1.82, 2.24) is 20.1 Å². The Morgan fingerprint density at radius 1 is 1.24 bits per heavy atom. The fourth-order valence-corrected chi connectivity index (χ4v) is 4.19. The summed E-state index contributed by atoms with van der Waals surface area (Å²) in [7, 11) is -2.79. The second-order valence-electron chi connectivity index (χ2n) is 6.74. The number of aromatic nitrogens is 3. The number of sulfone groups is 1. The number of nitrogens with one attached hydrogen (secondary N) is 1. The summed E-state index contributed by atoms with van der Waals surface area (Å²) in [6.07, 6.45) is 2.57. The van der Waals surface area contributed by atoms with Crippen LogP contribution in [0.3, 0.4) is 0 Å². The lowest BCUT2D eigenvalue weighted by Gasteiger charge is -2.13. The first-order valence-electron chi connectivity index (χ1n) is 9.44. The third-order valence-corrected chi connectivity index (χ3v) is 6.08. The van der Waals surface area contributed by atoms with Crippen LogP contribution in [0.2, 0.25) is 0 Å². The maximum absolute atomic E-state index is 14.8. The highest BCUT2D eigenvalue weighted by atomic mass is 32.2. The van der Waals surface area contributed by atoms with E-state index in [2.05, 4.69) is 15.4 Å². The van der Waals surface area contributed by atoms with E-state index in [0.717, 1.165) is 16.9 Å². The van der Waals surface area contributed by atoms with Crippen LogP contribution in [0, 0.1) is 12.7 Å². The molecular weight excluding hydrogens is 455 g/mol. The number of benzene rings is 1. The first-order chi connectivity index (χ1) is 15.6. The number of carboxylic acids is 1. The lowest BCUT2D eigenvalue weighted by Crippen LogP contribution is -2.23. The second-order valence-corrected chi connectivity index (χ2v) is 8.64. The molecule has 0 spiro atoms. The smallest absolute Gasteiger partial charge is 0.332 e. The first-order valence-corrected chi connectivity index (χ1v) is 10.9. The van der Waals surface area contributed by atoms with Crippen molar-refractivity contribution in [3.63, 3.8) is 0 Å². The van der Waals surface area contributed by atoms with Gasteiger partial charge in [-0.25, -0.2) is 27.1 Å². The zero-order valence-corrected chi connectivity index (χ0v) is 18.3. The molecule has 12 heteroatoms. The highest BCUT2D eigenvalue weighted by Crippen LogP contribution is 2.28. The molecule has 0 aliphatic heterocycles. The molecule has 2 heterocycles. The highest BCUT2D eigenvalue weighted by molar-refractivity contribution is 7.91. The van der Waals surface area contributed by atoms with Crippen molar-refractivity contribution in [2.45, 2.75) is 23.1 Å². The zero-order valence-electron chi connectivity index (χ0n) is 17.5. The van der Waals surface area contributed by atoms with Crippen molar-refractivity contribution in [3.05, 3.63) is 78.0 Å². The number of esters is 1. The van der Waals surface area contributed by atoms with E-state index in [4.69, 9.17) is 9.84 Å². The molecule has 0 fully saturated rings. The van der Waals surface area contributed by atoms with Crippen LogP contribution < -0.4 is 5.32 Å². The molecule has 10 nitrogen and oxygen atoms in total. The molecule has 33 heavy (non-hydrogen) atoms. The van der Waals surface area contributed by atoms with Gasteiger partial charge < -0.3 is 9.84 Å². The van der Waals surface area contributed by atoms with Gasteiger partial charge in [0.2, 0.25) is 9.84 Å². The van der Waals surface area contributed by atoms with Gasteiger partial charge in [0, 0.05) is 30.6 Å². The minimum atomic E-state index is -4.20. The highest BCUT2D eigenvalue weighted by Gasteiger charge is 2.29. The Kier molecular flexibility index (Phi) is 6.99. The van der Waals surface area contributed by atoms with Crippen LogP contribution in [0.5, 0.6) is 0 Å². The molecule has 2 N–H and O–H groups in total. The maximum atomic E-state index is 14.8. The van der Waals surface area contributed by atoms with Gasteiger partial charge in [-0.15, -0.1) is 0 Å². The molecule has 2 aromatic heterocycles. The van der Waals surface area contributed by atoms with Crippen LogP contribution in [-0.4, -0.2) is 47.3 Å². The van der Waals surface area contributed by atoms with Crippen molar-refractivity contribution in [2.24, 2.45) is 0 Å². The van der Waals surface area contributed by atoms with Crippen LogP contribution in [0.15, 0.2) is 70.9 Å². The van der Waals surface area contributed by atoms with E-state index in [1.54, 1.807) is 13.0 Å². The number of pyridine rings is 1. The van der Waals surface area contributed by atoms with Crippen LogP contribution in [0.4, 0.5) is 4.39 Å². The van der Waals surface area contributed by atoms with Gasteiger partial charge in [-0.1, -0.05) is 6.07 Å². The van der Waals surface area contributed by atoms with Crippen molar-refractivity contribution in [2.75, 3.05) is 7.05 Å². The Balaban J connectivity index is 2.14. The molecule has 1 aromatic carbocycles. The lowest BCUT2D eigenvalue weighted by atomic mass is 10.2. The molecule has 3 aromatic rings. The van der Waals surface area contributed by atoms with Crippen LogP contribution >= 0.6 is 0 Å². The average molecular weight is 474 g/mol. The van der Waals surface area contributed by atoms with Gasteiger partial charge in [0.15, 0.2) is 11.3 Å². The van der Waals surface area contributed by atoms with Gasteiger partial charge in [0.25, 0.3) is 0 Å². The minimum Gasteiger partial charge on any atom is -0.478 e. The summed E-state index contributed by atoms with van der Waals surface area (Å²) in [5.41, 5.74) is 0.422. The van der Waals surface area contributed by atoms with E-state index in [9.17, 15) is 22.4 Å². The number of hydrogen-bond acceptors (Lipinski definition) is 8. The predicted octanol–water partition coefficient (Wildman–Crippen LogP) is 1.95. The molecule has 0 bridgehead atoms. The molecule has 0 aliphatic carbocycles. The predicted molar refractivity (Wildman–Crippen MR) is 113 cm³/mol. The molecule has 0 saturated heterocycles. The minimum absolute atomic E-state index is 0.0583. The van der Waals surface area contributed by atoms with Crippen molar-refractivity contribution in [3.8, 4) is 5.69 Å². The molecular formula is C21H19FN4O6S. The Bertz CT molecular complexity index is 1320.